The zero-order valence-electron chi connectivity index (χ0n) is 13.6. The monoisotopic (exact) mass is 370 g/mol. The number of rotatable bonds is 3. The van der Waals surface area contributed by atoms with Gasteiger partial charge in [-0.15, -0.1) is 0 Å². The van der Waals surface area contributed by atoms with Crippen LogP contribution in [0.25, 0.3) is 0 Å². The summed E-state index contributed by atoms with van der Waals surface area (Å²) in [6.07, 6.45) is -0.283. The Morgan fingerprint density at radius 1 is 1.15 bits per heavy atom. The quantitative estimate of drug-likeness (QED) is 0.842. The Labute approximate surface area is 154 Å². The largest absolute Gasteiger partial charge is 0.433 e. The number of hydrogen-bond acceptors (Lipinski definition) is 4. The van der Waals surface area contributed by atoms with Crippen LogP contribution in [0.15, 0.2) is 48.5 Å². The minimum absolute atomic E-state index is 0.217. The summed E-state index contributed by atoms with van der Waals surface area (Å²) >= 11 is 5.94. The van der Waals surface area contributed by atoms with E-state index in [1.54, 1.807) is 48.5 Å². The Balaban J connectivity index is 1.60. The van der Waals surface area contributed by atoms with E-state index < -0.39 is 18.2 Å². The van der Waals surface area contributed by atoms with Crippen LogP contribution >= 0.6 is 11.6 Å². The van der Waals surface area contributed by atoms with Crippen molar-refractivity contribution in [3.05, 3.63) is 64.7 Å². The van der Waals surface area contributed by atoms with Crippen molar-refractivity contribution in [1.82, 2.24) is 4.90 Å². The lowest BCUT2D eigenvalue weighted by molar-refractivity contribution is -0.144. The van der Waals surface area contributed by atoms with Crippen LogP contribution in [0, 0.1) is 0 Å². The van der Waals surface area contributed by atoms with Gasteiger partial charge < -0.3 is 10.1 Å². The molecule has 0 bridgehead atoms. The summed E-state index contributed by atoms with van der Waals surface area (Å²) in [5, 5.41) is 3.28. The number of amides is 2. The Hall–Kier alpha value is -2.86. The molecule has 0 aliphatic carbocycles. The van der Waals surface area contributed by atoms with Crippen LogP contribution in [0.2, 0.25) is 5.02 Å². The molecule has 0 saturated carbocycles. The first kappa shape index (κ1) is 16.6. The zero-order valence-corrected chi connectivity index (χ0v) is 14.4. The van der Waals surface area contributed by atoms with Gasteiger partial charge in [-0.25, -0.2) is 4.79 Å². The van der Waals surface area contributed by atoms with Crippen LogP contribution in [-0.2, 0) is 14.3 Å². The van der Waals surface area contributed by atoms with Gasteiger partial charge >= 0.3 is 5.97 Å². The lowest BCUT2D eigenvalue weighted by Crippen LogP contribution is -2.43. The predicted octanol–water partition coefficient (Wildman–Crippen LogP) is 3.14. The summed E-state index contributed by atoms with van der Waals surface area (Å²) in [6.45, 7) is 0. The molecule has 2 aliphatic heterocycles. The highest BCUT2D eigenvalue weighted by Crippen LogP contribution is 2.38. The van der Waals surface area contributed by atoms with Crippen molar-refractivity contribution in [2.24, 2.45) is 0 Å². The number of hydrogen-bond donors (Lipinski definition) is 1. The molecule has 26 heavy (non-hydrogen) atoms. The van der Waals surface area contributed by atoms with Gasteiger partial charge in [-0.2, -0.15) is 0 Å². The fraction of sp³-hybridized carbons (Fsp3) is 0.211. The molecule has 2 aromatic rings. The van der Waals surface area contributed by atoms with E-state index in [1.165, 1.54) is 4.90 Å². The summed E-state index contributed by atoms with van der Waals surface area (Å²) in [5.41, 5.74) is 1.57. The second-order valence-electron chi connectivity index (χ2n) is 6.20. The van der Waals surface area contributed by atoms with E-state index in [1.807, 2.05) is 0 Å². The third kappa shape index (κ3) is 2.82. The number of halogens is 1. The number of carbonyl (C=O) groups is 3. The van der Waals surface area contributed by atoms with E-state index in [-0.39, 0.29) is 18.2 Å². The van der Waals surface area contributed by atoms with Crippen molar-refractivity contribution in [3.8, 4) is 0 Å². The van der Waals surface area contributed by atoms with Crippen LogP contribution in [0.3, 0.4) is 0 Å². The molecular weight excluding hydrogens is 356 g/mol. The fourth-order valence-electron chi connectivity index (χ4n) is 3.38. The highest BCUT2D eigenvalue weighted by Gasteiger charge is 2.46. The van der Waals surface area contributed by atoms with Crippen molar-refractivity contribution in [2.45, 2.75) is 25.1 Å². The molecule has 2 heterocycles. The Kier molecular flexibility index (Phi) is 4.12. The molecule has 0 aromatic heterocycles. The first-order valence-corrected chi connectivity index (χ1v) is 8.60. The molecule has 1 N–H and O–H groups in total. The standard InChI is InChI=1S/C19H15ClN2O4/c20-11-4-3-5-12(10-11)21-17(24)15-8-9-16(23)22(15)18-13-6-1-2-7-14(13)19(25)26-18/h1-7,10,15,18H,8-9H2,(H,21,24)/t15-,18-/m0/s1. The third-order valence-electron chi connectivity index (χ3n) is 4.57. The van der Waals surface area contributed by atoms with E-state index in [4.69, 9.17) is 16.3 Å². The van der Waals surface area contributed by atoms with Crippen molar-refractivity contribution >= 4 is 35.1 Å². The molecule has 7 heteroatoms. The van der Waals surface area contributed by atoms with Crippen LogP contribution in [0.1, 0.15) is 35.0 Å². The number of esters is 1. The van der Waals surface area contributed by atoms with Crippen LogP contribution in [0.5, 0.6) is 0 Å². The Morgan fingerprint density at radius 2 is 1.96 bits per heavy atom. The van der Waals surface area contributed by atoms with Gasteiger partial charge in [0.2, 0.25) is 18.0 Å². The normalized spacial score (nSPS) is 21.5. The first-order chi connectivity index (χ1) is 12.5. The zero-order chi connectivity index (χ0) is 18.3. The number of benzene rings is 2. The maximum absolute atomic E-state index is 12.7. The van der Waals surface area contributed by atoms with Gasteiger partial charge in [-0.3, -0.25) is 14.5 Å². The molecule has 0 radical (unpaired) electrons. The number of likely N-dealkylation sites (tertiary alicyclic amines) is 1. The van der Waals surface area contributed by atoms with Crippen LogP contribution < -0.4 is 5.32 Å². The highest BCUT2D eigenvalue weighted by molar-refractivity contribution is 6.30. The molecule has 2 aliphatic rings. The predicted molar refractivity (Wildman–Crippen MR) is 94.5 cm³/mol. The van der Waals surface area contributed by atoms with E-state index in [0.717, 1.165) is 0 Å². The number of cyclic esters (lactones) is 1. The fourth-order valence-corrected chi connectivity index (χ4v) is 3.57. The van der Waals surface area contributed by atoms with Gasteiger partial charge in [0, 0.05) is 22.7 Å². The molecule has 2 amide bonds. The highest BCUT2D eigenvalue weighted by atomic mass is 35.5. The number of nitrogens with one attached hydrogen (secondary N) is 1. The van der Waals surface area contributed by atoms with E-state index in [9.17, 15) is 14.4 Å². The molecule has 4 rings (SSSR count). The number of nitrogens with zero attached hydrogens (tertiary/aromatic N) is 1. The molecule has 6 nitrogen and oxygen atoms in total. The summed E-state index contributed by atoms with van der Waals surface area (Å²) in [6, 6.07) is 13.0. The maximum Gasteiger partial charge on any atom is 0.340 e. The van der Waals surface area contributed by atoms with Gasteiger partial charge in [0.25, 0.3) is 0 Å². The molecule has 2 atom stereocenters. The number of fused-ring (bicyclic) bond motifs is 1. The molecule has 0 spiro atoms. The van der Waals surface area contributed by atoms with E-state index in [2.05, 4.69) is 5.32 Å². The summed E-state index contributed by atoms with van der Waals surface area (Å²) in [4.78, 5) is 38.6. The van der Waals surface area contributed by atoms with Gasteiger partial charge in [-0.1, -0.05) is 35.9 Å². The Morgan fingerprint density at radius 3 is 2.77 bits per heavy atom. The summed E-state index contributed by atoms with van der Waals surface area (Å²) in [7, 11) is 0. The van der Waals surface area contributed by atoms with Crippen molar-refractivity contribution in [2.75, 3.05) is 5.32 Å². The van der Waals surface area contributed by atoms with E-state index >= 15 is 0 Å². The minimum Gasteiger partial charge on any atom is -0.433 e. The Bertz CT molecular complexity index is 914. The smallest absolute Gasteiger partial charge is 0.340 e. The van der Waals surface area contributed by atoms with Gasteiger partial charge in [0.05, 0.1) is 5.56 Å². The average Bonchev–Trinajstić information content (AvgIpc) is 3.15. The minimum atomic E-state index is -0.871. The molecule has 132 valence electrons. The van der Waals surface area contributed by atoms with Crippen LogP contribution in [0.4, 0.5) is 5.69 Å². The summed E-state index contributed by atoms with van der Waals surface area (Å²) in [5.74, 6) is -1.04. The van der Waals surface area contributed by atoms with Crippen LogP contribution in [-0.4, -0.2) is 28.7 Å². The van der Waals surface area contributed by atoms with E-state index in [0.29, 0.717) is 28.3 Å². The van der Waals surface area contributed by atoms with Gasteiger partial charge in [-0.05, 0) is 30.7 Å². The molecular formula is C19H15ClN2O4. The maximum atomic E-state index is 12.7. The second-order valence-corrected chi connectivity index (χ2v) is 6.64. The third-order valence-corrected chi connectivity index (χ3v) is 4.80. The summed E-state index contributed by atoms with van der Waals surface area (Å²) < 4.78 is 5.40. The van der Waals surface area contributed by atoms with Crippen molar-refractivity contribution in [1.29, 1.82) is 0 Å². The molecule has 1 fully saturated rings. The average molecular weight is 371 g/mol. The second kappa shape index (κ2) is 6.46. The molecule has 0 unspecified atom stereocenters. The first-order valence-electron chi connectivity index (χ1n) is 8.22. The number of anilines is 1. The lowest BCUT2D eigenvalue weighted by Gasteiger charge is -2.29. The number of carbonyl (C=O) groups excluding carboxylic acids is 3. The SMILES string of the molecule is O=C1O[C@H](N2C(=O)CC[C@H]2C(=O)Nc2cccc(Cl)c2)c2ccccc21. The van der Waals surface area contributed by atoms with Gasteiger partial charge in [0.1, 0.15) is 6.04 Å². The molecule has 2 aromatic carbocycles. The lowest BCUT2D eigenvalue weighted by atomic mass is 10.1. The molecule has 1 saturated heterocycles. The number of ether oxygens (including phenoxy) is 1. The van der Waals surface area contributed by atoms with Gasteiger partial charge in [0.15, 0.2) is 0 Å². The van der Waals surface area contributed by atoms with Crippen molar-refractivity contribution < 1.29 is 19.1 Å². The topological polar surface area (TPSA) is 75.7 Å². The van der Waals surface area contributed by atoms with Crippen molar-refractivity contribution in [3.63, 3.8) is 0 Å².